The predicted octanol–water partition coefficient (Wildman–Crippen LogP) is 2.71. The van der Waals surface area contributed by atoms with Crippen molar-refractivity contribution in [2.45, 2.75) is 69.4 Å². The number of amides is 1. The van der Waals surface area contributed by atoms with E-state index >= 15 is 0 Å². The third-order valence-electron chi connectivity index (χ3n) is 7.51. The molecule has 0 unspecified atom stereocenters. The molecule has 0 aromatic heterocycles. The minimum Gasteiger partial charge on any atom is -0.344 e. The summed E-state index contributed by atoms with van der Waals surface area (Å²) in [6, 6.07) is 8.86. The van der Waals surface area contributed by atoms with Gasteiger partial charge in [-0.05, 0) is 67.4 Å². The van der Waals surface area contributed by atoms with Gasteiger partial charge in [-0.25, -0.2) is 0 Å². The van der Waals surface area contributed by atoms with Crippen LogP contribution in [0, 0.1) is 17.8 Å². The topological polar surface area (TPSA) is 45.7 Å². The molecule has 0 spiro atoms. The first-order valence-electron chi connectivity index (χ1n) is 10.4. The molecule has 3 nitrogen and oxygen atoms in total. The summed E-state index contributed by atoms with van der Waals surface area (Å²) >= 11 is 0. The average Bonchev–Trinajstić information content (AvgIpc) is 2.59. The quantitative estimate of drug-likeness (QED) is 0.870. The highest BCUT2D eigenvalue weighted by molar-refractivity contribution is 5.77. The Morgan fingerprint density at radius 2 is 1.76 bits per heavy atom. The molecule has 4 fully saturated rings. The van der Waals surface area contributed by atoms with Crippen LogP contribution in [-0.4, -0.2) is 18.0 Å². The van der Waals surface area contributed by atoms with E-state index in [0.717, 1.165) is 30.6 Å². The Labute approximate surface area is 151 Å². The molecule has 134 valence electrons. The Kier molecular flexibility index (Phi) is 3.89. The molecule has 5 aliphatic carbocycles. The van der Waals surface area contributed by atoms with Crippen LogP contribution < -0.4 is 10.6 Å². The maximum absolute atomic E-state index is 12.7. The van der Waals surface area contributed by atoms with Crippen molar-refractivity contribution in [1.82, 2.24) is 5.32 Å². The highest BCUT2D eigenvalue weighted by Gasteiger charge is 2.53. The van der Waals surface area contributed by atoms with Crippen molar-refractivity contribution in [3.8, 4) is 0 Å². The van der Waals surface area contributed by atoms with Crippen LogP contribution in [0.1, 0.15) is 68.5 Å². The van der Waals surface area contributed by atoms with E-state index in [4.69, 9.17) is 0 Å². The van der Waals surface area contributed by atoms with E-state index in [9.17, 15) is 4.79 Å². The van der Waals surface area contributed by atoms with Gasteiger partial charge in [-0.1, -0.05) is 24.3 Å². The van der Waals surface area contributed by atoms with Gasteiger partial charge < -0.3 is 10.6 Å². The van der Waals surface area contributed by atoms with Gasteiger partial charge in [0.05, 0.1) is 11.6 Å². The number of rotatable bonds is 4. The first-order chi connectivity index (χ1) is 12.2. The molecular weight excluding hydrogens is 308 g/mol. The summed E-state index contributed by atoms with van der Waals surface area (Å²) in [4.78, 5) is 12.7. The number of carbonyl (C=O) groups is 1. The van der Waals surface area contributed by atoms with Crippen molar-refractivity contribution in [1.29, 1.82) is 0 Å². The van der Waals surface area contributed by atoms with Crippen LogP contribution in [0.15, 0.2) is 24.3 Å². The summed E-state index contributed by atoms with van der Waals surface area (Å²) in [5.41, 5.74) is 3.16. The van der Waals surface area contributed by atoms with Crippen LogP contribution in [0.5, 0.6) is 0 Å². The van der Waals surface area contributed by atoms with E-state index in [-0.39, 0.29) is 11.9 Å². The Morgan fingerprint density at radius 1 is 1.08 bits per heavy atom. The fourth-order valence-electron chi connectivity index (χ4n) is 6.89. The molecule has 3 N–H and O–H groups in total. The largest absolute Gasteiger partial charge is 0.344 e. The highest BCUT2D eigenvalue weighted by atomic mass is 16.2. The van der Waals surface area contributed by atoms with Crippen molar-refractivity contribution in [2.75, 3.05) is 6.54 Å². The summed E-state index contributed by atoms with van der Waals surface area (Å²) in [5.74, 6) is 3.10. The SMILES string of the molecule is O=C(C[NH2+]C12CC3CC(CC(C3)C1)C2)N[C@@H]1CCCc2ccccc21. The number of nitrogens with one attached hydrogen (secondary N) is 1. The normalized spacial score (nSPS) is 38.4. The maximum atomic E-state index is 12.7. The summed E-state index contributed by atoms with van der Waals surface area (Å²) in [7, 11) is 0. The average molecular weight is 340 g/mol. The maximum Gasteiger partial charge on any atom is 0.275 e. The standard InChI is InChI=1S/C22H30N2O/c25-21(24-20-7-3-5-18-4-1-2-6-19(18)20)14-23-22-11-15-8-16(12-22)10-17(9-15)13-22/h1-2,4,6,15-17,20,23H,3,5,7-14H2,(H,24,25)/p+1/t15?,16?,17?,20-,22?/m1/s1. The number of benzene rings is 1. The second-order valence-electron chi connectivity index (χ2n) is 9.40. The second kappa shape index (κ2) is 6.12. The van der Waals surface area contributed by atoms with E-state index in [1.54, 1.807) is 0 Å². The van der Waals surface area contributed by atoms with Gasteiger partial charge in [0.2, 0.25) is 0 Å². The van der Waals surface area contributed by atoms with E-state index in [2.05, 4.69) is 34.9 Å². The van der Waals surface area contributed by atoms with Gasteiger partial charge in [0, 0.05) is 19.3 Å². The number of aryl methyl sites for hydroxylation is 1. The van der Waals surface area contributed by atoms with Crippen molar-refractivity contribution in [3.63, 3.8) is 0 Å². The first-order valence-corrected chi connectivity index (χ1v) is 10.4. The molecular formula is C22H31N2O+. The fourth-order valence-corrected chi connectivity index (χ4v) is 6.89. The highest BCUT2D eigenvalue weighted by Crippen LogP contribution is 2.54. The molecule has 1 aromatic rings. The van der Waals surface area contributed by atoms with Crippen LogP contribution in [0.2, 0.25) is 0 Å². The van der Waals surface area contributed by atoms with Crippen LogP contribution in [0.3, 0.4) is 0 Å². The lowest BCUT2D eigenvalue weighted by atomic mass is 9.53. The lowest BCUT2D eigenvalue weighted by Crippen LogP contribution is -3.00. The fraction of sp³-hybridized carbons (Fsp3) is 0.682. The van der Waals surface area contributed by atoms with Gasteiger partial charge >= 0.3 is 0 Å². The third-order valence-corrected chi connectivity index (χ3v) is 7.51. The van der Waals surface area contributed by atoms with Gasteiger partial charge in [-0.3, -0.25) is 4.79 Å². The third kappa shape index (κ3) is 3.01. The number of quaternary nitrogens is 1. The minimum atomic E-state index is 0.224. The first kappa shape index (κ1) is 15.9. The van der Waals surface area contributed by atoms with Gasteiger partial charge in [0.15, 0.2) is 6.54 Å². The van der Waals surface area contributed by atoms with E-state index in [1.165, 1.54) is 56.1 Å². The number of hydrogen-bond acceptors (Lipinski definition) is 1. The molecule has 3 heteroatoms. The summed E-state index contributed by atoms with van der Waals surface area (Å²) in [5, 5.41) is 5.77. The minimum absolute atomic E-state index is 0.224. The Morgan fingerprint density at radius 3 is 2.48 bits per heavy atom. The summed E-state index contributed by atoms with van der Waals surface area (Å²) < 4.78 is 0. The zero-order valence-electron chi connectivity index (χ0n) is 15.2. The van der Waals surface area contributed by atoms with Crippen LogP contribution in [-0.2, 0) is 11.2 Å². The monoisotopic (exact) mass is 339 g/mol. The Balaban J connectivity index is 1.21. The zero-order valence-corrected chi connectivity index (χ0v) is 15.2. The molecule has 0 saturated heterocycles. The molecule has 0 radical (unpaired) electrons. The Hall–Kier alpha value is -1.35. The molecule has 25 heavy (non-hydrogen) atoms. The van der Waals surface area contributed by atoms with E-state index in [0.29, 0.717) is 12.1 Å². The second-order valence-corrected chi connectivity index (χ2v) is 9.40. The number of nitrogens with two attached hydrogens (primary N) is 1. The summed E-state index contributed by atoms with van der Waals surface area (Å²) in [6.07, 6.45) is 11.9. The Bertz CT molecular complexity index is 632. The molecule has 1 atom stereocenters. The lowest BCUT2D eigenvalue weighted by Gasteiger charge is -2.54. The van der Waals surface area contributed by atoms with E-state index < -0.39 is 0 Å². The van der Waals surface area contributed by atoms with Crippen LogP contribution in [0.4, 0.5) is 0 Å². The van der Waals surface area contributed by atoms with Crippen molar-refractivity contribution < 1.29 is 10.1 Å². The molecule has 1 amide bonds. The molecule has 4 bridgehead atoms. The molecule has 5 aliphatic rings. The zero-order chi connectivity index (χ0) is 16.9. The summed E-state index contributed by atoms with van der Waals surface area (Å²) in [6.45, 7) is 0.616. The lowest BCUT2D eigenvalue weighted by molar-refractivity contribution is -0.730. The van der Waals surface area contributed by atoms with Gasteiger partial charge in [-0.2, -0.15) is 0 Å². The molecule has 0 aliphatic heterocycles. The van der Waals surface area contributed by atoms with Crippen LogP contribution in [0.25, 0.3) is 0 Å². The van der Waals surface area contributed by atoms with Gasteiger partial charge in [-0.15, -0.1) is 0 Å². The molecule has 4 saturated carbocycles. The van der Waals surface area contributed by atoms with Crippen LogP contribution >= 0.6 is 0 Å². The van der Waals surface area contributed by atoms with Crippen molar-refractivity contribution in [3.05, 3.63) is 35.4 Å². The molecule has 6 rings (SSSR count). The van der Waals surface area contributed by atoms with Gasteiger partial charge in [0.25, 0.3) is 5.91 Å². The van der Waals surface area contributed by atoms with Gasteiger partial charge in [0.1, 0.15) is 0 Å². The number of fused-ring (bicyclic) bond motifs is 1. The molecule has 1 aromatic carbocycles. The van der Waals surface area contributed by atoms with Crippen molar-refractivity contribution in [2.24, 2.45) is 17.8 Å². The van der Waals surface area contributed by atoms with Crippen molar-refractivity contribution >= 4 is 5.91 Å². The number of hydrogen-bond donors (Lipinski definition) is 2. The smallest absolute Gasteiger partial charge is 0.275 e. The number of carbonyl (C=O) groups excluding carboxylic acids is 1. The predicted molar refractivity (Wildman–Crippen MR) is 98.0 cm³/mol. The molecule has 0 heterocycles. The van der Waals surface area contributed by atoms with E-state index in [1.807, 2.05) is 0 Å².